The van der Waals surface area contributed by atoms with E-state index < -0.39 is 0 Å². The molecule has 6 heteroatoms. The second kappa shape index (κ2) is 7.01. The number of carbonyl (C=O) groups excluding carboxylic acids is 2. The fourth-order valence-electron chi connectivity index (χ4n) is 5.39. The average molecular weight is 399 g/mol. The van der Waals surface area contributed by atoms with Crippen LogP contribution in [0.4, 0.5) is 0 Å². The number of ether oxygens (including phenoxy) is 2. The van der Waals surface area contributed by atoms with Gasteiger partial charge in [-0.25, -0.2) is 0 Å². The number of hydrogen-bond acceptors (Lipinski definition) is 4. The van der Waals surface area contributed by atoms with Crippen LogP contribution in [0.5, 0.6) is 5.75 Å². The monoisotopic (exact) mass is 398 g/mol. The van der Waals surface area contributed by atoms with Gasteiger partial charge in [0.1, 0.15) is 11.4 Å². The lowest BCUT2D eigenvalue weighted by Gasteiger charge is -2.48. The Morgan fingerprint density at radius 1 is 1.10 bits per heavy atom. The predicted octanol–water partition coefficient (Wildman–Crippen LogP) is 2.36. The van der Waals surface area contributed by atoms with Crippen molar-refractivity contribution in [2.24, 2.45) is 5.92 Å². The molecule has 6 nitrogen and oxygen atoms in total. The van der Waals surface area contributed by atoms with Crippen molar-refractivity contribution in [1.29, 1.82) is 0 Å². The SMILES string of the molecule is COc1ccc(C2(C(=O)N3CC4(CC(CC(=O)N5CCCC5)CO4)C3)CC2)cc1. The molecule has 3 heterocycles. The molecule has 1 unspecified atom stereocenters. The Bertz CT molecular complexity index is 790. The average Bonchev–Trinajstić information content (AvgIpc) is 3.13. The minimum absolute atomic E-state index is 0.221. The Morgan fingerprint density at radius 3 is 2.41 bits per heavy atom. The molecule has 1 saturated carbocycles. The number of rotatable bonds is 5. The number of amides is 2. The molecule has 4 aliphatic rings. The van der Waals surface area contributed by atoms with Crippen LogP contribution in [0.15, 0.2) is 24.3 Å². The zero-order valence-corrected chi connectivity index (χ0v) is 17.2. The summed E-state index contributed by atoms with van der Waals surface area (Å²) in [6.45, 7) is 3.79. The van der Waals surface area contributed by atoms with Gasteiger partial charge in [0.05, 0.1) is 32.2 Å². The van der Waals surface area contributed by atoms with E-state index in [1.165, 1.54) is 0 Å². The highest BCUT2D eigenvalue weighted by atomic mass is 16.5. The molecule has 0 aromatic heterocycles. The van der Waals surface area contributed by atoms with E-state index in [2.05, 4.69) is 0 Å². The minimum atomic E-state index is -0.350. The maximum absolute atomic E-state index is 13.2. The van der Waals surface area contributed by atoms with Gasteiger partial charge in [-0.15, -0.1) is 0 Å². The van der Waals surface area contributed by atoms with Crippen molar-refractivity contribution in [2.75, 3.05) is 39.9 Å². The van der Waals surface area contributed by atoms with Gasteiger partial charge in [0, 0.05) is 19.5 Å². The first-order chi connectivity index (χ1) is 14.0. The van der Waals surface area contributed by atoms with E-state index in [1.54, 1.807) is 7.11 Å². The van der Waals surface area contributed by atoms with E-state index in [1.807, 2.05) is 34.1 Å². The summed E-state index contributed by atoms with van der Waals surface area (Å²) in [6, 6.07) is 7.90. The molecule has 1 aliphatic carbocycles. The van der Waals surface area contributed by atoms with Crippen molar-refractivity contribution >= 4 is 11.8 Å². The molecular formula is C23H30N2O4. The zero-order chi connectivity index (χ0) is 20.1. The molecule has 1 spiro atoms. The fraction of sp³-hybridized carbons (Fsp3) is 0.652. The molecule has 0 radical (unpaired) electrons. The summed E-state index contributed by atoms with van der Waals surface area (Å²) in [6.07, 6.45) is 5.57. The molecule has 3 aliphatic heterocycles. The van der Waals surface area contributed by atoms with Crippen molar-refractivity contribution in [3.63, 3.8) is 0 Å². The quantitative estimate of drug-likeness (QED) is 0.764. The van der Waals surface area contributed by atoms with Crippen molar-refractivity contribution in [1.82, 2.24) is 9.80 Å². The first kappa shape index (κ1) is 18.9. The number of methoxy groups -OCH3 is 1. The standard InChI is InChI=1S/C23H30N2O4/c1-28-19-6-4-18(5-7-19)23(8-9-23)21(27)25-15-22(16-25)13-17(14-29-22)12-20(26)24-10-2-3-11-24/h4-7,17H,2-3,8-16H2,1H3. The van der Waals surface area contributed by atoms with Gasteiger partial charge in [0.25, 0.3) is 0 Å². The molecule has 1 aromatic rings. The molecule has 3 saturated heterocycles. The lowest BCUT2D eigenvalue weighted by Crippen LogP contribution is -2.64. The Balaban J connectivity index is 1.16. The van der Waals surface area contributed by atoms with E-state index in [0.717, 1.165) is 56.5 Å². The number of benzene rings is 1. The molecular weight excluding hydrogens is 368 g/mol. The van der Waals surface area contributed by atoms with Crippen LogP contribution in [0.2, 0.25) is 0 Å². The van der Waals surface area contributed by atoms with Crippen LogP contribution in [0.25, 0.3) is 0 Å². The van der Waals surface area contributed by atoms with E-state index in [4.69, 9.17) is 9.47 Å². The number of nitrogens with zero attached hydrogens (tertiary/aromatic N) is 2. The van der Waals surface area contributed by atoms with E-state index in [9.17, 15) is 9.59 Å². The highest BCUT2D eigenvalue weighted by Crippen LogP contribution is 2.52. The van der Waals surface area contributed by atoms with E-state index in [0.29, 0.717) is 26.1 Å². The highest BCUT2D eigenvalue weighted by Gasteiger charge is 2.59. The molecule has 29 heavy (non-hydrogen) atoms. The Hall–Kier alpha value is -2.08. The maximum Gasteiger partial charge on any atom is 0.233 e. The van der Waals surface area contributed by atoms with Gasteiger partial charge in [-0.1, -0.05) is 12.1 Å². The maximum atomic E-state index is 13.2. The summed E-state index contributed by atoms with van der Waals surface area (Å²) in [5.74, 6) is 1.61. The van der Waals surface area contributed by atoms with Crippen LogP contribution < -0.4 is 4.74 Å². The number of carbonyl (C=O) groups is 2. The first-order valence-corrected chi connectivity index (χ1v) is 10.9. The molecule has 5 rings (SSSR count). The van der Waals surface area contributed by atoms with E-state index >= 15 is 0 Å². The van der Waals surface area contributed by atoms with Crippen LogP contribution in [-0.4, -0.2) is 67.1 Å². The minimum Gasteiger partial charge on any atom is -0.497 e. The van der Waals surface area contributed by atoms with Crippen LogP contribution >= 0.6 is 0 Å². The van der Waals surface area contributed by atoms with Gasteiger partial charge in [0.2, 0.25) is 11.8 Å². The number of likely N-dealkylation sites (tertiary alicyclic amines) is 2. The molecule has 0 bridgehead atoms. The molecule has 0 N–H and O–H groups in total. The lowest BCUT2D eigenvalue weighted by molar-refractivity contribution is -0.160. The van der Waals surface area contributed by atoms with Crippen molar-refractivity contribution < 1.29 is 19.1 Å². The Labute approximate surface area is 172 Å². The van der Waals surface area contributed by atoms with Gasteiger partial charge in [-0.05, 0) is 55.7 Å². The fourth-order valence-corrected chi connectivity index (χ4v) is 5.39. The van der Waals surface area contributed by atoms with Crippen molar-refractivity contribution in [3.05, 3.63) is 29.8 Å². The molecule has 156 valence electrons. The highest BCUT2D eigenvalue weighted by molar-refractivity contribution is 5.92. The first-order valence-electron chi connectivity index (χ1n) is 10.9. The zero-order valence-electron chi connectivity index (χ0n) is 17.2. The Kier molecular flexibility index (Phi) is 4.57. The van der Waals surface area contributed by atoms with Crippen LogP contribution in [0.1, 0.15) is 44.1 Å². The Morgan fingerprint density at radius 2 is 1.79 bits per heavy atom. The van der Waals surface area contributed by atoms with Gasteiger partial charge in [0.15, 0.2) is 0 Å². The van der Waals surface area contributed by atoms with Gasteiger partial charge in [-0.2, -0.15) is 0 Å². The third kappa shape index (κ3) is 3.31. The predicted molar refractivity (Wildman–Crippen MR) is 108 cm³/mol. The summed E-state index contributed by atoms with van der Waals surface area (Å²) in [5, 5.41) is 0. The summed E-state index contributed by atoms with van der Waals surface area (Å²) >= 11 is 0. The topological polar surface area (TPSA) is 59.1 Å². The van der Waals surface area contributed by atoms with Crippen LogP contribution in [0, 0.1) is 5.92 Å². The van der Waals surface area contributed by atoms with Gasteiger partial charge >= 0.3 is 0 Å². The third-order valence-corrected chi connectivity index (χ3v) is 7.26. The van der Waals surface area contributed by atoms with Crippen molar-refractivity contribution in [3.8, 4) is 5.75 Å². The smallest absolute Gasteiger partial charge is 0.233 e. The summed E-state index contributed by atoms with van der Waals surface area (Å²) < 4.78 is 11.4. The largest absolute Gasteiger partial charge is 0.497 e. The second-order valence-electron chi connectivity index (χ2n) is 9.33. The summed E-state index contributed by atoms with van der Waals surface area (Å²) in [4.78, 5) is 29.6. The van der Waals surface area contributed by atoms with Gasteiger partial charge < -0.3 is 19.3 Å². The second-order valence-corrected chi connectivity index (χ2v) is 9.33. The molecule has 1 atom stereocenters. The van der Waals surface area contributed by atoms with Crippen LogP contribution in [-0.2, 0) is 19.7 Å². The van der Waals surface area contributed by atoms with E-state index in [-0.39, 0.29) is 28.7 Å². The lowest BCUT2D eigenvalue weighted by atomic mass is 9.83. The molecule has 2 amide bonds. The van der Waals surface area contributed by atoms with Crippen molar-refractivity contribution in [2.45, 2.75) is 49.5 Å². The summed E-state index contributed by atoms with van der Waals surface area (Å²) in [7, 11) is 1.65. The van der Waals surface area contributed by atoms with Crippen LogP contribution in [0.3, 0.4) is 0 Å². The molecule has 4 fully saturated rings. The normalized spacial score (nSPS) is 26.4. The third-order valence-electron chi connectivity index (χ3n) is 7.26. The number of hydrogen-bond donors (Lipinski definition) is 0. The molecule has 1 aromatic carbocycles. The van der Waals surface area contributed by atoms with Gasteiger partial charge in [-0.3, -0.25) is 9.59 Å². The summed E-state index contributed by atoms with van der Waals surface area (Å²) in [5.41, 5.74) is 0.518.